The van der Waals surface area contributed by atoms with E-state index in [2.05, 4.69) is 5.32 Å². The largest absolute Gasteiger partial charge is 0.396 e. The summed E-state index contributed by atoms with van der Waals surface area (Å²) in [6.45, 7) is 2.42. The maximum absolute atomic E-state index is 8.83. The summed E-state index contributed by atoms with van der Waals surface area (Å²) in [4.78, 5) is 0. The lowest BCUT2D eigenvalue weighted by molar-refractivity contribution is 0.0549. The van der Waals surface area contributed by atoms with Crippen molar-refractivity contribution in [3.63, 3.8) is 0 Å². The minimum Gasteiger partial charge on any atom is -0.396 e. The molecule has 1 fully saturated rings. The van der Waals surface area contributed by atoms with Gasteiger partial charge in [-0.25, -0.2) is 0 Å². The van der Waals surface area contributed by atoms with Crippen LogP contribution in [0, 0.1) is 5.92 Å². The molecule has 0 amide bonds. The van der Waals surface area contributed by atoms with E-state index in [4.69, 9.17) is 14.9 Å². The topological polar surface area (TPSA) is 61.7 Å². The number of rotatable bonds is 4. The summed E-state index contributed by atoms with van der Waals surface area (Å²) in [7, 11) is 0. The molecule has 1 aliphatic heterocycles. The lowest BCUT2D eigenvalue weighted by Gasteiger charge is -2.26. The van der Waals surface area contributed by atoms with Gasteiger partial charge in [-0.3, -0.25) is 0 Å². The van der Waals surface area contributed by atoms with Crippen molar-refractivity contribution in [2.24, 2.45) is 5.92 Å². The molecule has 0 aliphatic carbocycles. The molecule has 0 unspecified atom stereocenters. The highest BCUT2D eigenvalue weighted by atomic mass is 16.5. The number of aliphatic hydroxyl groups is 2. The van der Waals surface area contributed by atoms with Crippen molar-refractivity contribution in [1.29, 1.82) is 0 Å². The number of aliphatic hydroxyl groups excluding tert-OH is 2. The molecule has 0 saturated carbocycles. The van der Waals surface area contributed by atoms with Gasteiger partial charge in [0, 0.05) is 31.7 Å². The summed E-state index contributed by atoms with van der Waals surface area (Å²) in [5.41, 5.74) is 0. The predicted molar refractivity (Wildman–Crippen MR) is 44.9 cm³/mol. The Morgan fingerprint density at radius 1 is 1.42 bits per heavy atom. The van der Waals surface area contributed by atoms with Gasteiger partial charge < -0.3 is 20.3 Å². The van der Waals surface area contributed by atoms with E-state index in [0.717, 1.165) is 19.6 Å². The highest BCUT2D eigenvalue weighted by molar-refractivity contribution is 4.73. The van der Waals surface area contributed by atoms with Gasteiger partial charge >= 0.3 is 0 Å². The Labute approximate surface area is 72.5 Å². The third kappa shape index (κ3) is 3.06. The normalized spacial score (nSPS) is 24.8. The van der Waals surface area contributed by atoms with Gasteiger partial charge in [0.05, 0.1) is 13.2 Å². The van der Waals surface area contributed by atoms with Crippen LogP contribution >= 0.6 is 0 Å². The Morgan fingerprint density at radius 3 is 2.67 bits per heavy atom. The lowest BCUT2D eigenvalue weighted by Crippen LogP contribution is -2.43. The van der Waals surface area contributed by atoms with Crippen LogP contribution in [0.15, 0.2) is 0 Å². The summed E-state index contributed by atoms with van der Waals surface area (Å²) in [6.07, 6.45) is 0.785. The van der Waals surface area contributed by atoms with Crippen molar-refractivity contribution in [3.05, 3.63) is 0 Å². The third-order valence-corrected chi connectivity index (χ3v) is 2.13. The highest BCUT2D eigenvalue weighted by Gasteiger charge is 2.17. The van der Waals surface area contributed by atoms with E-state index in [0.29, 0.717) is 12.6 Å². The minimum atomic E-state index is -0.0100. The molecule has 0 aromatic carbocycles. The number of ether oxygens (including phenoxy) is 1. The molecular weight excluding hydrogens is 158 g/mol. The molecule has 1 atom stereocenters. The first kappa shape index (κ1) is 9.92. The smallest absolute Gasteiger partial charge is 0.0620 e. The molecule has 4 heteroatoms. The Bertz CT molecular complexity index is 111. The van der Waals surface area contributed by atoms with Crippen molar-refractivity contribution in [1.82, 2.24) is 5.32 Å². The average Bonchev–Trinajstić information content (AvgIpc) is 2.16. The van der Waals surface area contributed by atoms with Gasteiger partial charge in [-0.15, -0.1) is 0 Å². The van der Waals surface area contributed by atoms with Crippen molar-refractivity contribution < 1.29 is 14.9 Å². The molecule has 4 nitrogen and oxygen atoms in total. The van der Waals surface area contributed by atoms with E-state index in [1.807, 2.05) is 0 Å². The molecular formula is C8H17NO3. The molecule has 0 aromatic heterocycles. The molecule has 72 valence electrons. The van der Waals surface area contributed by atoms with Gasteiger partial charge in [0.1, 0.15) is 0 Å². The first-order valence-corrected chi connectivity index (χ1v) is 4.39. The van der Waals surface area contributed by atoms with E-state index >= 15 is 0 Å². The fraction of sp³-hybridized carbons (Fsp3) is 1.00. The van der Waals surface area contributed by atoms with Gasteiger partial charge in [0.25, 0.3) is 0 Å². The molecule has 1 heterocycles. The van der Waals surface area contributed by atoms with Crippen molar-refractivity contribution in [3.8, 4) is 0 Å². The van der Waals surface area contributed by atoms with Gasteiger partial charge in [-0.1, -0.05) is 0 Å². The fourth-order valence-electron chi connectivity index (χ4n) is 1.38. The standard InChI is InChI=1S/C8H17NO3/c10-4-7(5-11)3-8-6-12-2-1-9-8/h7-11H,1-6H2/t8-/m1/s1. The van der Waals surface area contributed by atoms with Crippen LogP contribution in [0.1, 0.15) is 6.42 Å². The average molecular weight is 175 g/mol. The van der Waals surface area contributed by atoms with Crippen LogP contribution in [0.3, 0.4) is 0 Å². The van der Waals surface area contributed by atoms with E-state index in [1.165, 1.54) is 0 Å². The number of hydrogen-bond acceptors (Lipinski definition) is 4. The van der Waals surface area contributed by atoms with E-state index < -0.39 is 0 Å². The molecule has 0 radical (unpaired) electrons. The highest BCUT2D eigenvalue weighted by Crippen LogP contribution is 2.07. The summed E-state index contributed by atoms with van der Waals surface area (Å²) < 4.78 is 5.25. The van der Waals surface area contributed by atoms with Crippen LogP contribution in [0.5, 0.6) is 0 Å². The maximum Gasteiger partial charge on any atom is 0.0620 e. The number of nitrogens with one attached hydrogen (secondary N) is 1. The molecule has 1 aliphatic rings. The predicted octanol–water partition coefficient (Wildman–Crippen LogP) is -1.03. The fourth-order valence-corrected chi connectivity index (χ4v) is 1.38. The molecule has 0 spiro atoms. The quantitative estimate of drug-likeness (QED) is 0.511. The monoisotopic (exact) mass is 175 g/mol. The molecule has 1 saturated heterocycles. The zero-order valence-corrected chi connectivity index (χ0v) is 7.20. The Kier molecular flexibility index (Phi) is 4.53. The van der Waals surface area contributed by atoms with Crippen LogP contribution in [0.2, 0.25) is 0 Å². The van der Waals surface area contributed by atoms with Gasteiger partial charge in [-0.2, -0.15) is 0 Å². The maximum atomic E-state index is 8.83. The SMILES string of the molecule is OCC(CO)C[C@@H]1COCCN1. The molecule has 1 rings (SSSR count). The van der Waals surface area contributed by atoms with Crippen LogP contribution in [-0.4, -0.2) is 49.2 Å². The number of hydrogen-bond donors (Lipinski definition) is 3. The lowest BCUT2D eigenvalue weighted by atomic mass is 10.0. The first-order chi connectivity index (χ1) is 5.86. The van der Waals surface area contributed by atoms with Crippen LogP contribution < -0.4 is 5.32 Å². The first-order valence-electron chi connectivity index (χ1n) is 4.39. The van der Waals surface area contributed by atoms with Crippen LogP contribution in [-0.2, 0) is 4.74 Å². The third-order valence-electron chi connectivity index (χ3n) is 2.13. The second-order valence-electron chi connectivity index (χ2n) is 3.19. The zero-order valence-electron chi connectivity index (χ0n) is 7.20. The summed E-state index contributed by atoms with van der Waals surface area (Å²) >= 11 is 0. The molecule has 12 heavy (non-hydrogen) atoms. The minimum absolute atomic E-state index is 0.0100. The summed E-state index contributed by atoms with van der Waals surface area (Å²) in [6, 6.07) is 0.294. The zero-order chi connectivity index (χ0) is 8.81. The summed E-state index contributed by atoms with van der Waals surface area (Å²) in [5, 5.41) is 20.9. The van der Waals surface area contributed by atoms with E-state index in [-0.39, 0.29) is 19.1 Å². The molecule has 0 aromatic rings. The van der Waals surface area contributed by atoms with Crippen LogP contribution in [0.4, 0.5) is 0 Å². The van der Waals surface area contributed by atoms with E-state index in [1.54, 1.807) is 0 Å². The van der Waals surface area contributed by atoms with Crippen molar-refractivity contribution in [2.75, 3.05) is 33.0 Å². The van der Waals surface area contributed by atoms with E-state index in [9.17, 15) is 0 Å². The van der Waals surface area contributed by atoms with Crippen molar-refractivity contribution >= 4 is 0 Å². The molecule has 0 bridgehead atoms. The molecule has 3 N–H and O–H groups in total. The number of morpholine rings is 1. The summed E-state index contributed by atoms with van der Waals surface area (Å²) in [5.74, 6) is -0.0100. The van der Waals surface area contributed by atoms with Crippen LogP contribution in [0.25, 0.3) is 0 Å². The van der Waals surface area contributed by atoms with Crippen molar-refractivity contribution in [2.45, 2.75) is 12.5 Å². The second-order valence-corrected chi connectivity index (χ2v) is 3.19. The van der Waals surface area contributed by atoms with Gasteiger partial charge in [-0.05, 0) is 6.42 Å². The Hall–Kier alpha value is -0.160. The van der Waals surface area contributed by atoms with Gasteiger partial charge in [0.15, 0.2) is 0 Å². The van der Waals surface area contributed by atoms with Gasteiger partial charge in [0.2, 0.25) is 0 Å². The second kappa shape index (κ2) is 5.48. The Morgan fingerprint density at radius 2 is 2.17 bits per heavy atom. The Balaban J connectivity index is 2.18.